The Morgan fingerprint density at radius 1 is 0.242 bits per heavy atom. The van der Waals surface area contributed by atoms with E-state index in [4.69, 9.17) is 0 Å². The van der Waals surface area contributed by atoms with Gasteiger partial charge < -0.3 is 9.47 Å². The van der Waals surface area contributed by atoms with Crippen molar-refractivity contribution in [1.82, 2.24) is 4.57 Å². The lowest BCUT2D eigenvalue weighted by Gasteiger charge is -2.26. The number of benzene rings is 11. The predicted molar refractivity (Wildman–Crippen MR) is 280 cm³/mol. The molecule has 0 unspecified atom stereocenters. The van der Waals surface area contributed by atoms with Gasteiger partial charge in [-0.3, -0.25) is 0 Å². The lowest BCUT2D eigenvalue weighted by molar-refractivity contribution is 1.18. The topological polar surface area (TPSA) is 8.17 Å². The van der Waals surface area contributed by atoms with Gasteiger partial charge in [-0.15, -0.1) is 0 Å². The van der Waals surface area contributed by atoms with Crippen LogP contribution in [0.4, 0.5) is 17.1 Å². The van der Waals surface area contributed by atoms with Crippen LogP contribution in [-0.4, -0.2) is 4.57 Å². The summed E-state index contributed by atoms with van der Waals surface area (Å²) in [5, 5.41) is 5.02. The summed E-state index contributed by atoms with van der Waals surface area (Å²) in [6.07, 6.45) is 0. The average Bonchev–Trinajstić information content (AvgIpc) is 3.74. The fraction of sp³-hybridized carbons (Fsp3) is 0. The first-order chi connectivity index (χ1) is 32.7. The van der Waals surface area contributed by atoms with Crippen LogP contribution in [0.1, 0.15) is 0 Å². The van der Waals surface area contributed by atoms with Crippen LogP contribution in [0.3, 0.4) is 0 Å². The molecule has 2 heteroatoms. The monoisotopic (exact) mass is 840 g/mol. The second-order valence-corrected chi connectivity index (χ2v) is 16.9. The molecule has 12 rings (SSSR count). The maximum absolute atomic E-state index is 2.41. The molecule has 0 amide bonds. The molecule has 11 aromatic carbocycles. The molecule has 0 saturated carbocycles. The SMILES string of the molecule is c1ccc(-c2ccccc2-c2ccc(N(c3ccc(-c4ccc(-c5ccccc5-n5c6ccccc6c6ccccc65)cc4)cc3)c3ccc(-c4ccc5ccccc5c4)cc3)cc2)cc1. The summed E-state index contributed by atoms with van der Waals surface area (Å²) in [5.41, 5.74) is 18.8. The van der Waals surface area contributed by atoms with Crippen LogP contribution < -0.4 is 4.90 Å². The number of aromatic nitrogens is 1. The molecule has 0 aliphatic rings. The van der Waals surface area contributed by atoms with Gasteiger partial charge in [0, 0.05) is 33.4 Å². The van der Waals surface area contributed by atoms with Crippen LogP contribution in [0.5, 0.6) is 0 Å². The van der Waals surface area contributed by atoms with Crippen molar-refractivity contribution in [2.75, 3.05) is 4.90 Å². The fourth-order valence-electron chi connectivity index (χ4n) is 9.75. The molecule has 310 valence electrons. The smallest absolute Gasteiger partial charge is 0.0541 e. The molecule has 0 atom stereocenters. The largest absolute Gasteiger partial charge is 0.311 e. The quantitative estimate of drug-likeness (QED) is 0.141. The zero-order valence-corrected chi connectivity index (χ0v) is 36.3. The highest BCUT2D eigenvalue weighted by Crippen LogP contribution is 2.41. The molecule has 0 aliphatic carbocycles. The van der Waals surface area contributed by atoms with E-state index in [9.17, 15) is 0 Å². The molecular weight excluding hydrogens is 797 g/mol. The molecule has 1 aromatic heterocycles. The van der Waals surface area contributed by atoms with Crippen LogP contribution in [0.25, 0.3) is 93.9 Å². The lowest BCUT2D eigenvalue weighted by Crippen LogP contribution is -2.09. The Hall–Kier alpha value is -8.72. The van der Waals surface area contributed by atoms with Gasteiger partial charge in [0.25, 0.3) is 0 Å². The Bertz CT molecular complexity index is 3610. The lowest BCUT2D eigenvalue weighted by atomic mass is 9.94. The normalized spacial score (nSPS) is 11.3. The number of hydrogen-bond acceptors (Lipinski definition) is 1. The first-order valence-corrected chi connectivity index (χ1v) is 22.7. The number of hydrogen-bond donors (Lipinski definition) is 0. The van der Waals surface area contributed by atoms with Gasteiger partial charge in [-0.2, -0.15) is 0 Å². The van der Waals surface area contributed by atoms with E-state index in [0.717, 1.165) is 17.1 Å². The third-order valence-corrected chi connectivity index (χ3v) is 13.0. The molecule has 0 radical (unpaired) electrons. The standard InChI is InChI=1S/C64H44N2/c1-2-15-49(16-3-1)57-18-6-7-19-58(57)50-36-42-56(43-37-50)65(55-40-34-48(35-41-55)53-31-28-45-14-4-5-17-52(45)44-53)54-38-32-47(33-39-54)46-26-29-51(30-27-46)59-20-8-11-23-62(59)66-63-24-12-9-21-60(63)61-22-10-13-25-64(61)66/h1-44H. The summed E-state index contributed by atoms with van der Waals surface area (Å²) >= 11 is 0. The van der Waals surface area contributed by atoms with Gasteiger partial charge in [0.2, 0.25) is 0 Å². The van der Waals surface area contributed by atoms with E-state index >= 15 is 0 Å². The van der Waals surface area contributed by atoms with Crippen molar-refractivity contribution in [2.45, 2.75) is 0 Å². The number of rotatable bonds is 9. The zero-order valence-electron chi connectivity index (χ0n) is 36.3. The van der Waals surface area contributed by atoms with E-state index in [2.05, 4.69) is 276 Å². The van der Waals surface area contributed by atoms with Gasteiger partial charge in [0.05, 0.1) is 16.7 Å². The molecule has 0 aliphatic heterocycles. The van der Waals surface area contributed by atoms with E-state index in [0.29, 0.717) is 0 Å². The highest BCUT2D eigenvalue weighted by atomic mass is 15.1. The average molecular weight is 841 g/mol. The molecule has 12 aromatic rings. The summed E-state index contributed by atoms with van der Waals surface area (Å²) in [4.78, 5) is 2.36. The van der Waals surface area contributed by atoms with Gasteiger partial charge in [0.1, 0.15) is 0 Å². The van der Waals surface area contributed by atoms with Gasteiger partial charge >= 0.3 is 0 Å². The second kappa shape index (κ2) is 16.8. The second-order valence-electron chi connectivity index (χ2n) is 16.9. The van der Waals surface area contributed by atoms with Crippen molar-refractivity contribution >= 4 is 49.6 Å². The molecule has 66 heavy (non-hydrogen) atoms. The fourth-order valence-corrected chi connectivity index (χ4v) is 9.75. The van der Waals surface area contributed by atoms with Crippen molar-refractivity contribution in [2.24, 2.45) is 0 Å². The molecular formula is C64H44N2. The molecule has 0 fully saturated rings. The van der Waals surface area contributed by atoms with Crippen LogP contribution in [0.15, 0.2) is 267 Å². The summed E-state index contributed by atoms with van der Waals surface area (Å²) in [6, 6.07) is 96.7. The summed E-state index contributed by atoms with van der Waals surface area (Å²) in [7, 11) is 0. The predicted octanol–water partition coefficient (Wildman–Crippen LogP) is 17.7. The zero-order chi connectivity index (χ0) is 43.8. The Balaban J connectivity index is 0.882. The van der Waals surface area contributed by atoms with Gasteiger partial charge in [-0.05, 0) is 122 Å². The van der Waals surface area contributed by atoms with E-state index in [1.54, 1.807) is 0 Å². The molecule has 1 heterocycles. The summed E-state index contributed by atoms with van der Waals surface area (Å²) < 4.78 is 2.41. The number of para-hydroxylation sites is 3. The Kier molecular flexibility index (Phi) is 9.89. The Labute approximate surface area is 385 Å². The van der Waals surface area contributed by atoms with Crippen LogP contribution in [0.2, 0.25) is 0 Å². The van der Waals surface area contributed by atoms with Crippen molar-refractivity contribution < 1.29 is 0 Å². The Morgan fingerprint density at radius 3 is 1.21 bits per heavy atom. The van der Waals surface area contributed by atoms with Crippen molar-refractivity contribution in [3.05, 3.63) is 267 Å². The summed E-state index contributed by atoms with van der Waals surface area (Å²) in [5.74, 6) is 0. The van der Waals surface area contributed by atoms with Crippen molar-refractivity contribution in [3.63, 3.8) is 0 Å². The molecule has 2 nitrogen and oxygen atoms in total. The van der Waals surface area contributed by atoms with E-state index in [1.807, 2.05) is 0 Å². The maximum Gasteiger partial charge on any atom is 0.0541 e. The minimum atomic E-state index is 1.09. The number of anilines is 3. The van der Waals surface area contributed by atoms with Crippen LogP contribution in [-0.2, 0) is 0 Å². The third-order valence-electron chi connectivity index (χ3n) is 13.0. The highest BCUT2D eigenvalue weighted by molar-refractivity contribution is 6.09. The third kappa shape index (κ3) is 7.12. The van der Waals surface area contributed by atoms with Crippen LogP contribution in [0, 0.1) is 0 Å². The van der Waals surface area contributed by atoms with Gasteiger partial charge in [0.15, 0.2) is 0 Å². The first kappa shape index (κ1) is 38.9. The molecule has 0 bridgehead atoms. The van der Waals surface area contributed by atoms with Crippen LogP contribution >= 0.6 is 0 Å². The van der Waals surface area contributed by atoms with E-state index in [1.165, 1.54) is 93.9 Å². The first-order valence-electron chi connectivity index (χ1n) is 22.7. The molecule has 0 saturated heterocycles. The van der Waals surface area contributed by atoms with Gasteiger partial charge in [-0.25, -0.2) is 0 Å². The van der Waals surface area contributed by atoms with Crippen molar-refractivity contribution in [1.29, 1.82) is 0 Å². The van der Waals surface area contributed by atoms with E-state index in [-0.39, 0.29) is 0 Å². The summed E-state index contributed by atoms with van der Waals surface area (Å²) in [6.45, 7) is 0. The molecule has 0 spiro atoms. The highest BCUT2D eigenvalue weighted by Gasteiger charge is 2.17. The van der Waals surface area contributed by atoms with Gasteiger partial charge in [-0.1, -0.05) is 206 Å². The minimum absolute atomic E-state index is 1.09. The Morgan fingerprint density at radius 2 is 0.621 bits per heavy atom. The van der Waals surface area contributed by atoms with Crippen molar-refractivity contribution in [3.8, 4) is 61.3 Å². The number of nitrogens with zero attached hydrogens (tertiary/aromatic N) is 2. The van der Waals surface area contributed by atoms with E-state index < -0.39 is 0 Å². The maximum atomic E-state index is 2.41. The number of fused-ring (bicyclic) bond motifs is 4. The molecule has 0 N–H and O–H groups in total. The minimum Gasteiger partial charge on any atom is -0.311 e.